The fourth-order valence-corrected chi connectivity index (χ4v) is 6.76. The van der Waals surface area contributed by atoms with Crippen molar-refractivity contribution in [2.45, 2.75) is 232 Å². The van der Waals surface area contributed by atoms with E-state index >= 15 is 0 Å². The van der Waals surface area contributed by atoms with Crippen LogP contribution in [0.5, 0.6) is 0 Å². The monoisotopic (exact) mass is 875 g/mol. The number of unbranched alkanes of at least 4 members (excludes halogenated alkanes) is 21. The van der Waals surface area contributed by atoms with Crippen LogP contribution in [0.4, 0.5) is 0 Å². The molecule has 0 N–H and O–H groups in total. The van der Waals surface area contributed by atoms with Crippen LogP contribution >= 0.6 is 0 Å². The van der Waals surface area contributed by atoms with E-state index in [1.54, 1.807) is 0 Å². The van der Waals surface area contributed by atoms with Crippen molar-refractivity contribution in [1.82, 2.24) is 0 Å². The van der Waals surface area contributed by atoms with Crippen molar-refractivity contribution in [3.8, 4) is 0 Å². The second-order valence-electron chi connectivity index (χ2n) is 16.8. The summed E-state index contributed by atoms with van der Waals surface area (Å²) in [5.74, 6) is -1.01. The maximum absolute atomic E-state index is 12.8. The van der Waals surface area contributed by atoms with Gasteiger partial charge in [0.15, 0.2) is 6.10 Å². The zero-order valence-corrected chi connectivity index (χ0v) is 40.8. The summed E-state index contributed by atoms with van der Waals surface area (Å²) in [6.07, 6.45) is 66.8. The van der Waals surface area contributed by atoms with Crippen molar-refractivity contribution in [3.63, 3.8) is 0 Å². The lowest BCUT2D eigenvalue weighted by atomic mass is 10.1. The van der Waals surface area contributed by atoms with Crippen molar-refractivity contribution in [2.75, 3.05) is 13.2 Å². The smallest absolute Gasteiger partial charge is 0.306 e. The lowest BCUT2D eigenvalue weighted by Gasteiger charge is -2.18. The molecule has 6 nitrogen and oxygen atoms in total. The predicted octanol–water partition coefficient (Wildman–Crippen LogP) is 17.0. The number of carbonyl (C=O) groups is 3. The standard InChI is InChI=1S/C57H94O6/c1-4-7-10-13-16-19-22-25-27-28-30-32-35-38-41-44-47-50-56(59)62-53-54(52-61-55(58)49-46-43-40-37-34-31-24-21-18-15-12-9-6-3)63-57(60)51-48-45-42-39-36-33-29-26-23-20-17-14-11-8-5-2/h8,11,14,17,20,23,25-27,29-32,34,38,41,54H,4-7,9-10,12-13,15-16,18-19,21-22,24,28,33,35-37,39-40,42-53H2,1-3H3/b11-8-,17-14-,23-20-,27-25-,29-26-,32-30-,34-31-,41-38-. The van der Waals surface area contributed by atoms with Crippen LogP contribution in [-0.4, -0.2) is 37.2 Å². The minimum Gasteiger partial charge on any atom is -0.462 e. The number of esters is 3. The summed E-state index contributed by atoms with van der Waals surface area (Å²) in [6, 6.07) is 0. The fraction of sp³-hybridized carbons (Fsp3) is 0.667. The van der Waals surface area contributed by atoms with Gasteiger partial charge in [-0.15, -0.1) is 0 Å². The first kappa shape index (κ1) is 59.3. The van der Waals surface area contributed by atoms with Gasteiger partial charge in [-0.25, -0.2) is 0 Å². The molecule has 0 saturated heterocycles. The van der Waals surface area contributed by atoms with Crippen molar-refractivity contribution >= 4 is 17.9 Å². The van der Waals surface area contributed by atoms with Crippen LogP contribution in [0.3, 0.4) is 0 Å². The van der Waals surface area contributed by atoms with Crippen molar-refractivity contribution in [3.05, 3.63) is 97.2 Å². The Bertz CT molecular complexity index is 1280. The van der Waals surface area contributed by atoms with E-state index in [2.05, 4.69) is 93.7 Å². The third-order valence-corrected chi connectivity index (χ3v) is 10.6. The Morgan fingerprint density at radius 2 is 0.698 bits per heavy atom. The summed E-state index contributed by atoms with van der Waals surface area (Å²) >= 11 is 0. The lowest BCUT2D eigenvalue weighted by molar-refractivity contribution is -0.167. The molecule has 0 aliphatic heterocycles. The van der Waals surface area contributed by atoms with Gasteiger partial charge in [0.25, 0.3) is 0 Å². The minimum absolute atomic E-state index is 0.112. The van der Waals surface area contributed by atoms with E-state index in [9.17, 15) is 14.4 Å². The molecule has 0 spiro atoms. The Labute approximate surface area is 387 Å². The van der Waals surface area contributed by atoms with Crippen LogP contribution in [-0.2, 0) is 28.6 Å². The maximum atomic E-state index is 12.8. The predicted molar refractivity (Wildman–Crippen MR) is 270 cm³/mol. The van der Waals surface area contributed by atoms with E-state index in [1.807, 2.05) is 24.3 Å². The molecule has 0 rings (SSSR count). The Balaban J connectivity index is 4.53. The number of hydrogen-bond acceptors (Lipinski definition) is 6. The molecule has 0 radical (unpaired) electrons. The highest BCUT2D eigenvalue weighted by atomic mass is 16.6. The zero-order chi connectivity index (χ0) is 45.8. The highest BCUT2D eigenvalue weighted by Gasteiger charge is 2.19. The summed E-state index contributed by atoms with van der Waals surface area (Å²) in [5.41, 5.74) is 0. The van der Waals surface area contributed by atoms with Gasteiger partial charge >= 0.3 is 17.9 Å². The molecule has 1 unspecified atom stereocenters. The molecule has 0 aromatic heterocycles. The first-order valence-electron chi connectivity index (χ1n) is 25.8. The maximum Gasteiger partial charge on any atom is 0.306 e. The molecule has 0 saturated carbocycles. The quantitative estimate of drug-likeness (QED) is 0.0199. The van der Waals surface area contributed by atoms with Gasteiger partial charge in [-0.1, -0.05) is 208 Å². The molecule has 0 heterocycles. The normalized spacial score (nSPS) is 12.9. The summed E-state index contributed by atoms with van der Waals surface area (Å²) < 4.78 is 16.7. The topological polar surface area (TPSA) is 78.9 Å². The fourth-order valence-electron chi connectivity index (χ4n) is 6.76. The van der Waals surface area contributed by atoms with Gasteiger partial charge in [0.1, 0.15) is 13.2 Å². The minimum atomic E-state index is -0.816. The van der Waals surface area contributed by atoms with Gasteiger partial charge in [-0.2, -0.15) is 0 Å². The van der Waals surface area contributed by atoms with Crippen LogP contribution in [0.2, 0.25) is 0 Å². The molecule has 0 aliphatic carbocycles. The van der Waals surface area contributed by atoms with Crippen LogP contribution < -0.4 is 0 Å². The first-order valence-corrected chi connectivity index (χ1v) is 25.8. The van der Waals surface area contributed by atoms with Crippen LogP contribution in [0, 0.1) is 0 Å². The molecule has 0 aromatic carbocycles. The second-order valence-corrected chi connectivity index (χ2v) is 16.8. The van der Waals surface area contributed by atoms with Gasteiger partial charge < -0.3 is 14.2 Å². The van der Waals surface area contributed by atoms with E-state index in [4.69, 9.17) is 14.2 Å². The van der Waals surface area contributed by atoms with Gasteiger partial charge in [0.2, 0.25) is 0 Å². The van der Waals surface area contributed by atoms with Gasteiger partial charge in [-0.05, 0) is 96.3 Å². The Kier molecular flexibility index (Phi) is 48.0. The van der Waals surface area contributed by atoms with Crippen molar-refractivity contribution < 1.29 is 28.6 Å². The van der Waals surface area contributed by atoms with Gasteiger partial charge in [0, 0.05) is 19.3 Å². The van der Waals surface area contributed by atoms with Crippen molar-refractivity contribution in [1.29, 1.82) is 0 Å². The highest BCUT2D eigenvalue weighted by Crippen LogP contribution is 2.13. The van der Waals surface area contributed by atoms with Gasteiger partial charge in [-0.3, -0.25) is 14.4 Å². The van der Waals surface area contributed by atoms with E-state index in [1.165, 1.54) is 83.5 Å². The van der Waals surface area contributed by atoms with Crippen molar-refractivity contribution in [2.24, 2.45) is 0 Å². The number of allylic oxidation sites excluding steroid dienone is 16. The third-order valence-electron chi connectivity index (χ3n) is 10.6. The third kappa shape index (κ3) is 49.2. The van der Waals surface area contributed by atoms with E-state index in [0.717, 1.165) is 96.3 Å². The van der Waals surface area contributed by atoms with E-state index < -0.39 is 6.10 Å². The number of hydrogen-bond donors (Lipinski definition) is 0. The molecular formula is C57H94O6. The molecule has 0 amide bonds. The molecule has 6 heteroatoms. The molecule has 0 fully saturated rings. The summed E-state index contributed by atoms with van der Waals surface area (Å²) in [6.45, 7) is 6.40. The first-order chi connectivity index (χ1) is 31.0. The molecule has 0 aliphatic rings. The molecule has 0 bridgehead atoms. The van der Waals surface area contributed by atoms with E-state index in [-0.39, 0.29) is 44.0 Å². The highest BCUT2D eigenvalue weighted by molar-refractivity contribution is 5.71. The summed E-state index contributed by atoms with van der Waals surface area (Å²) in [5, 5.41) is 0. The van der Waals surface area contributed by atoms with Crippen LogP contribution in [0.25, 0.3) is 0 Å². The number of carbonyl (C=O) groups excluding carboxylic acids is 3. The second kappa shape index (κ2) is 51.0. The molecule has 63 heavy (non-hydrogen) atoms. The summed E-state index contributed by atoms with van der Waals surface area (Å²) in [7, 11) is 0. The zero-order valence-electron chi connectivity index (χ0n) is 40.8. The van der Waals surface area contributed by atoms with Gasteiger partial charge in [0.05, 0.1) is 0 Å². The van der Waals surface area contributed by atoms with Crippen LogP contribution in [0.1, 0.15) is 226 Å². The Morgan fingerprint density at radius 1 is 0.349 bits per heavy atom. The largest absolute Gasteiger partial charge is 0.462 e. The average molecular weight is 875 g/mol. The Hall–Kier alpha value is -3.67. The summed E-state index contributed by atoms with van der Waals surface area (Å²) in [4.78, 5) is 37.9. The molecule has 0 aromatic rings. The number of rotatable bonds is 45. The molecular weight excluding hydrogens is 781 g/mol. The SMILES string of the molecule is CC\C=C/C=C\C=C/C=C\CCCCCCCC(=O)OC(COC(=O)CCC/C=C\C/C=C\C/C=C\CCCCCCCC)COC(=O)CCCCC/C=C\CCCCCCCC. The van der Waals surface area contributed by atoms with Crippen LogP contribution in [0.15, 0.2) is 97.2 Å². The molecule has 1 atom stereocenters. The lowest BCUT2D eigenvalue weighted by Crippen LogP contribution is -2.30. The Morgan fingerprint density at radius 3 is 1.21 bits per heavy atom. The molecule has 358 valence electrons. The number of ether oxygens (including phenoxy) is 3. The van der Waals surface area contributed by atoms with E-state index in [0.29, 0.717) is 12.8 Å². The average Bonchev–Trinajstić information content (AvgIpc) is 3.28.